The van der Waals surface area contributed by atoms with Crippen LogP contribution in [0.3, 0.4) is 0 Å². The second-order valence-electron chi connectivity index (χ2n) is 5.94. The molecular formula is C18H18N4O2S. The quantitative estimate of drug-likeness (QED) is 0.882. The van der Waals surface area contributed by atoms with Gasteiger partial charge in [-0.3, -0.25) is 14.6 Å². The Bertz CT molecular complexity index is 839. The maximum absolute atomic E-state index is 12.7. The summed E-state index contributed by atoms with van der Waals surface area (Å²) in [5, 5.41) is 15.0. The Balaban J connectivity index is 1.93. The molecule has 0 aromatic carbocycles. The lowest BCUT2D eigenvalue weighted by atomic mass is 9.95. The number of aryl methyl sites for hydroxylation is 1. The number of hydrogen-bond donors (Lipinski definition) is 2. The molecule has 128 valence electrons. The van der Waals surface area contributed by atoms with Crippen LogP contribution in [-0.2, 0) is 12.8 Å². The standard InChI is InChI=1S/C18H18N4O2S/c1-11(9-19)21-17(24)15-13-6-2-3-7-14(13)25-18(15)22-16(23)12-5-4-8-20-10-12/h4-5,8,10-11H,2-3,6-7H2,1H3,(H,21,24)(H,22,23). The summed E-state index contributed by atoms with van der Waals surface area (Å²) in [4.78, 5) is 30.2. The van der Waals surface area contributed by atoms with Crippen molar-refractivity contribution in [2.24, 2.45) is 0 Å². The molecule has 2 N–H and O–H groups in total. The topological polar surface area (TPSA) is 94.9 Å². The van der Waals surface area contributed by atoms with E-state index in [1.54, 1.807) is 25.3 Å². The van der Waals surface area contributed by atoms with Crippen LogP contribution in [-0.4, -0.2) is 22.8 Å². The SMILES string of the molecule is CC(C#N)NC(=O)c1c(NC(=O)c2cccnc2)sc2c1CCCC2. The molecule has 7 heteroatoms. The number of nitrogens with one attached hydrogen (secondary N) is 2. The number of thiophene rings is 1. The minimum absolute atomic E-state index is 0.297. The third-order valence-electron chi connectivity index (χ3n) is 4.09. The number of rotatable bonds is 4. The molecule has 25 heavy (non-hydrogen) atoms. The molecule has 1 atom stereocenters. The van der Waals surface area contributed by atoms with Gasteiger partial charge in [-0.05, 0) is 50.3 Å². The number of fused-ring (bicyclic) bond motifs is 1. The molecule has 1 aliphatic rings. The van der Waals surface area contributed by atoms with Crippen LogP contribution in [0, 0.1) is 11.3 Å². The highest BCUT2D eigenvalue weighted by Crippen LogP contribution is 2.38. The minimum Gasteiger partial charge on any atom is -0.336 e. The molecular weight excluding hydrogens is 336 g/mol. The number of carbonyl (C=O) groups is 2. The third kappa shape index (κ3) is 3.69. The van der Waals surface area contributed by atoms with Crippen LogP contribution in [0.4, 0.5) is 5.00 Å². The molecule has 1 aliphatic carbocycles. The van der Waals surface area contributed by atoms with E-state index in [4.69, 9.17) is 5.26 Å². The number of pyridine rings is 1. The average molecular weight is 354 g/mol. The number of carbonyl (C=O) groups excluding carboxylic acids is 2. The Hall–Kier alpha value is -2.72. The van der Waals surface area contributed by atoms with Crippen molar-refractivity contribution in [3.05, 3.63) is 46.1 Å². The second kappa shape index (κ2) is 7.45. The Morgan fingerprint density at radius 1 is 1.32 bits per heavy atom. The van der Waals surface area contributed by atoms with E-state index in [2.05, 4.69) is 15.6 Å². The Morgan fingerprint density at radius 3 is 2.84 bits per heavy atom. The van der Waals surface area contributed by atoms with Gasteiger partial charge >= 0.3 is 0 Å². The van der Waals surface area contributed by atoms with Gasteiger partial charge in [0.05, 0.1) is 17.2 Å². The zero-order chi connectivity index (χ0) is 17.8. The Kier molecular flexibility index (Phi) is 5.10. The number of anilines is 1. The largest absolute Gasteiger partial charge is 0.336 e. The van der Waals surface area contributed by atoms with Gasteiger partial charge in [0.25, 0.3) is 11.8 Å². The lowest BCUT2D eigenvalue weighted by Crippen LogP contribution is -2.32. The molecule has 2 amide bonds. The summed E-state index contributed by atoms with van der Waals surface area (Å²) in [5.74, 6) is -0.607. The van der Waals surface area contributed by atoms with Crippen molar-refractivity contribution in [1.82, 2.24) is 10.3 Å². The van der Waals surface area contributed by atoms with E-state index in [0.29, 0.717) is 16.1 Å². The van der Waals surface area contributed by atoms with Gasteiger partial charge in [-0.1, -0.05) is 0 Å². The van der Waals surface area contributed by atoms with Gasteiger partial charge in [-0.25, -0.2) is 0 Å². The minimum atomic E-state index is -0.589. The summed E-state index contributed by atoms with van der Waals surface area (Å²) in [7, 11) is 0. The Labute approximate surface area is 149 Å². The van der Waals surface area contributed by atoms with Crippen molar-refractivity contribution in [3.8, 4) is 6.07 Å². The highest BCUT2D eigenvalue weighted by Gasteiger charge is 2.27. The predicted molar refractivity (Wildman–Crippen MR) is 95.7 cm³/mol. The van der Waals surface area contributed by atoms with Crippen LogP contribution in [0.2, 0.25) is 0 Å². The van der Waals surface area contributed by atoms with Crippen molar-refractivity contribution in [2.45, 2.75) is 38.6 Å². The highest BCUT2D eigenvalue weighted by molar-refractivity contribution is 7.17. The van der Waals surface area contributed by atoms with E-state index in [0.717, 1.165) is 36.1 Å². The van der Waals surface area contributed by atoms with Gasteiger partial charge in [0.2, 0.25) is 0 Å². The fourth-order valence-electron chi connectivity index (χ4n) is 2.87. The Morgan fingerprint density at radius 2 is 2.12 bits per heavy atom. The van der Waals surface area contributed by atoms with Crippen LogP contribution in [0.1, 0.15) is 50.9 Å². The van der Waals surface area contributed by atoms with Gasteiger partial charge in [0.1, 0.15) is 11.0 Å². The molecule has 0 aliphatic heterocycles. The molecule has 0 fully saturated rings. The van der Waals surface area contributed by atoms with Gasteiger partial charge in [-0.15, -0.1) is 11.3 Å². The van der Waals surface area contributed by atoms with Gasteiger partial charge in [0, 0.05) is 17.3 Å². The molecule has 3 rings (SSSR count). The number of nitrogens with zero attached hydrogens (tertiary/aromatic N) is 2. The molecule has 0 saturated heterocycles. The summed E-state index contributed by atoms with van der Waals surface area (Å²) < 4.78 is 0. The maximum Gasteiger partial charge on any atom is 0.257 e. The van der Waals surface area contributed by atoms with E-state index in [-0.39, 0.29) is 11.8 Å². The van der Waals surface area contributed by atoms with Crippen molar-refractivity contribution in [2.75, 3.05) is 5.32 Å². The summed E-state index contributed by atoms with van der Waals surface area (Å²) in [6, 6.07) is 4.78. The summed E-state index contributed by atoms with van der Waals surface area (Å²) in [6.45, 7) is 1.63. The first kappa shape index (κ1) is 17.1. The van der Waals surface area contributed by atoms with E-state index < -0.39 is 6.04 Å². The molecule has 0 spiro atoms. The molecule has 2 aromatic heterocycles. The average Bonchev–Trinajstić information content (AvgIpc) is 3.00. The smallest absolute Gasteiger partial charge is 0.257 e. The molecule has 1 unspecified atom stereocenters. The summed E-state index contributed by atoms with van der Waals surface area (Å²) >= 11 is 1.45. The van der Waals surface area contributed by atoms with Gasteiger partial charge < -0.3 is 10.6 Å². The second-order valence-corrected chi connectivity index (χ2v) is 7.04. The third-order valence-corrected chi connectivity index (χ3v) is 5.30. The first-order valence-electron chi connectivity index (χ1n) is 8.16. The lowest BCUT2D eigenvalue weighted by molar-refractivity contribution is 0.0948. The van der Waals surface area contributed by atoms with Crippen molar-refractivity contribution in [3.63, 3.8) is 0 Å². The normalized spacial score (nSPS) is 14.1. The number of amides is 2. The van der Waals surface area contributed by atoms with Crippen LogP contribution >= 0.6 is 11.3 Å². The van der Waals surface area contributed by atoms with E-state index >= 15 is 0 Å². The van der Waals surface area contributed by atoms with E-state index in [9.17, 15) is 9.59 Å². The van der Waals surface area contributed by atoms with Crippen molar-refractivity contribution < 1.29 is 9.59 Å². The first-order valence-corrected chi connectivity index (χ1v) is 8.98. The van der Waals surface area contributed by atoms with Crippen molar-refractivity contribution >= 4 is 28.2 Å². The fourth-order valence-corrected chi connectivity index (χ4v) is 4.15. The zero-order valence-corrected chi connectivity index (χ0v) is 14.7. The van der Waals surface area contributed by atoms with Gasteiger partial charge in [0.15, 0.2) is 0 Å². The van der Waals surface area contributed by atoms with E-state index in [1.165, 1.54) is 17.5 Å². The molecule has 2 aromatic rings. The monoisotopic (exact) mass is 354 g/mol. The summed E-state index contributed by atoms with van der Waals surface area (Å²) in [5.41, 5.74) is 1.94. The van der Waals surface area contributed by atoms with Crippen molar-refractivity contribution in [1.29, 1.82) is 5.26 Å². The lowest BCUT2D eigenvalue weighted by Gasteiger charge is -2.14. The van der Waals surface area contributed by atoms with Crippen LogP contribution in [0.5, 0.6) is 0 Å². The molecule has 0 bridgehead atoms. The number of aromatic nitrogens is 1. The summed E-state index contributed by atoms with van der Waals surface area (Å²) in [6.07, 6.45) is 6.92. The highest BCUT2D eigenvalue weighted by atomic mass is 32.1. The zero-order valence-electron chi connectivity index (χ0n) is 13.8. The first-order chi connectivity index (χ1) is 12.1. The molecule has 0 radical (unpaired) electrons. The maximum atomic E-state index is 12.7. The molecule has 2 heterocycles. The predicted octanol–water partition coefficient (Wildman–Crippen LogP) is 2.92. The van der Waals surface area contributed by atoms with E-state index in [1.807, 2.05) is 6.07 Å². The number of hydrogen-bond acceptors (Lipinski definition) is 5. The molecule has 0 saturated carbocycles. The van der Waals surface area contributed by atoms with Crippen LogP contribution in [0.25, 0.3) is 0 Å². The van der Waals surface area contributed by atoms with Crippen LogP contribution in [0.15, 0.2) is 24.5 Å². The number of nitriles is 1. The van der Waals surface area contributed by atoms with Gasteiger partial charge in [-0.2, -0.15) is 5.26 Å². The fraction of sp³-hybridized carbons (Fsp3) is 0.333. The van der Waals surface area contributed by atoms with Crippen LogP contribution < -0.4 is 10.6 Å². The molecule has 6 nitrogen and oxygen atoms in total.